The second kappa shape index (κ2) is 13.0. The van der Waals surface area contributed by atoms with Gasteiger partial charge in [-0.2, -0.15) is 0 Å². The molecule has 7 aromatic carbocycles. The summed E-state index contributed by atoms with van der Waals surface area (Å²) in [6.07, 6.45) is 1.59. The molecule has 0 aliphatic carbocycles. The monoisotopic (exact) mass is 727 g/mol. The van der Waals surface area contributed by atoms with Crippen LogP contribution in [0.3, 0.4) is 0 Å². The molecule has 9 rings (SSSR count). The molecule has 0 radical (unpaired) electrons. The fraction of sp³-hybridized carbons (Fsp3) is 0. The van der Waals surface area contributed by atoms with Crippen LogP contribution in [0.1, 0.15) is 0 Å². The maximum absolute atomic E-state index is 16.2. The van der Waals surface area contributed by atoms with Gasteiger partial charge in [-0.15, -0.1) is 0 Å². The van der Waals surface area contributed by atoms with Crippen LogP contribution in [0.25, 0.3) is 86.2 Å². The van der Waals surface area contributed by atoms with Crippen molar-refractivity contribution in [1.29, 1.82) is 0 Å². The standard InChI is InChI=1S/C45H27F2N3Se/c46-37-19-9-6-16-31(37)33-22-23-36(44(39-26-27-48-50-49-39)42(33)34-17-7-10-20-38(34)47)43-32(24-25-41-45(43)35-18-8-11-21-40(35)51-41)30-15-5-4-14-29(30)28-12-2-1-3-13-28/h1-27H. The van der Waals surface area contributed by atoms with Crippen LogP contribution in [-0.2, 0) is 0 Å². The Labute approximate surface area is 299 Å². The third kappa shape index (κ3) is 5.37. The van der Waals surface area contributed by atoms with Crippen molar-refractivity contribution in [3.63, 3.8) is 0 Å². The molecule has 0 saturated heterocycles. The molecule has 6 heteroatoms. The van der Waals surface area contributed by atoms with E-state index in [0.29, 0.717) is 33.5 Å². The average Bonchev–Trinajstić information content (AvgIpc) is 3.57. The van der Waals surface area contributed by atoms with E-state index >= 15 is 8.78 Å². The van der Waals surface area contributed by atoms with Gasteiger partial charge in [-0.05, 0) is 0 Å². The molecule has 51 heavy (non-hydrogen) atoms. The van der Waals surface area contributed by atoms with Gasteiger partial charge in [-0.1, -0.05) is 0 Å². The second-order valence-electron chi connectivity index (χ2n) is 12.2. The molecule has 0 unspecified atom stereocenters. The summed E-state index contributed by atoms with van der Waals surface area (Å²) in [4.78, 5) is 0. The minimum atomic E-state index is -0.419. The fourth-order valence-corrected chi connectivity index (χ4v) is 9.54. The van der Waals surface area contributed by atoms with Crippen LogP contribution in [0.2, 0.25) is 0 Å². The van der Waals surface area contributed by atoms with Crippen molar-refractivity contribution in [2.45, 2.75) is 0 Å². The quantitative estimate of drug-likeness (QED) is 0.160. The van der Waals surface area contributed by atoms with Crippen molar-refractivity contribution in [3.8, 4) is 66.9 Å². The summed E-state index contributed by atoms with van der Waals surface area (Å²) in [5.41, 5.74) is 9.11. The molecule has 0 bridgehead atoms. The van der Waals surface area contributed by atoms with Crippen molar-refractivity contribution in [3.05, 3.63) is 176 Å². The number of fused-ring (bicyclic) bond motifs is 3. The van der Waals surface area contributed by atoms with E-state index in [1.165, 1.54) is 26.0 Å². The van der Waals surface area contributed by atoms with Crippen molar-refractivity contribution in [1.82, 2.24) is 15.4 Å². The Hall–Kier alpha value is -6.07. The molecule has 2 aromatic heterocycles. The topological polar surface area (TPSA) is 38.7 Å². The number of nitrogens with zero attached hydrogens (tertiary/aromatic N) is 3. The van der Waals surface area contributed by atoms with Gasteiger partial charge in [-0.25, -0.2) is 0 Å². The zero-order valence-electron chi connectivity index (χ0n) is 27.1. The summed E-state index contributed by atoms with van der Waals surface area (Å²) < 4.78 is 34.5. The van der Waals surface area contributed by atoms with Crippen LogP contribution in [-0.4, -0.2) is 29.9 Å². The molecular formula is C45H27F2N3Se. The van der Waals surface area contributed by atoms with Crippen LogP contribution in [0.15, 0.2) is 164 Å². The van der Waals surface area contributed by atoms with Gasteiger partial charge in [0.25, 0.3) is 0 Å². The Bertz CT molecular complexity index is 2720. The number of halogens is 2. The third-order valence-electron chi connectivity index (χ3n) is 9.39. The summed E-state index contributed by atoms with van der Waals surface area (Å²) in [6, 6.07) is 50.9. The number of hydrogen-bond donors (Lipinski definition) is 0. The van der Waals surface area contributed by atoms with E-state index in [1.807, 2.05) is 18.2 Å². The molecular weight excluding hydrogens is 699 g/mol. The molecule has 0 aliphatic rings. The zero-order valence-corrected chi connectivity index (χ0v) is 28.8. The van der Waals surface area contributed by atoms with Gasteiger partial charge in [0.05, 0.1) is 0 Å². The Morgan fingerprint density at radius 3 is 1.76 bits per heavy atom. The van der Waals surface area contributed by atoms with Crippen molar-refractivity contribution in [2.24, 2.45) is 0 Å². The Morgan fingerprint density at radius 2 is 1.02 bits per heavy atom. The Morgan fingerprint density at radius 1 is 0.412 bits per heavy atom. The number of rotatable bonds is 6. The summed E-state index contributed by atoms with van der Waals surface area (Å²) >= 11 is 0.0796. The summed E-state index contributed by atoms with van der Waals surface area (Å²) in [6.45, 7) is 0. The second-order valence-corrected chi connectivity index (χ2v) is 14.5. The van der Waals surface area contributed by atoms with Gasteiger partial charge >= 0.3 is 300 Å². The molecule has 0 spiro atoms. The van der Waals surface area contributed by atoms with Gasteiger partial charge in [0, 0.05) is 0 Å². The molecule has 3 nitrogen and oxygen atoms in total. The van der Waals surface area contributed by atoms with E-state index in [9.17, 15) is 0 Å². The van der Waals surface area contributed by atoms with Gasteiger partial charge in [0.2, 0.25) is 0 Å². The summed E-state index contributed by atoms with van der Waals surface area (Å²) in [5.74, 6) is -0.818. The Kier molecular flexibility index (Phi) is 7.89. The summed E-state index contributed by atoms with van der Waals surface area (Å²) in [7, 11) is 0. The number of hydrogen-bond acceptors (Lipinski definition) is 3. The van der Waals surface area contributed by atoms with E-state index < -0.39 is 11.6 Å². The van der Waals surface area contributed by atoms with Crippen LogP contribution in [0.4, 0.5) is 8.78 Å². The first-order valence-electron chi connectivity index (χ1n) is 16.6. The molecule has 242 valence electrons. The molecule has 0 saturated carbocycles. The Balaban J connectivity index is 1.49. The molecule has 0 amide bonds. The molecule has 9 aromatic rings. The van der Waals surface area contributed by atoms with Gasteiger partial charge in [0.1, 0.15) is 0 Å². The van der Waals surface area contributed by atoms with E-state index in [1.54, 1.807) is 48.7 Å². The molecule has 0 atom stereocenters. The number of aromatic nitrogens is 3. The van der Waals surface area contributed by atoms with Crippen molar-refractivity contribution in [2.75, 3.05) is 0 Å². The first-order valence-corrected chi connectivity index (χ1v) is 18.3. The van der Waals surface area contributed by atoms with Gasteiger partial charge in [-0.3, -0.25) is 0 Å². The van der Waals surface area contributed by atoms with Crippen LogP contribution >= 0.6 is 0 Å². The predicted octanol–water partition coefficient (Wildman–Crippen LogP) is 11.5. The summed E-state index contributed by atoms with van der Waals surface area (Å²) in [5, 5.41) is 14.9. The normalized spacial score (nSPS) is 11.3. The SMILES string of the molecule is Fc1ccccc1-c1ccc(-c2c(-c3ccccc3-c3ccccc3)ccc3[se]c4ccccc4c23)c(-c2ccnnn2)c1-c1ccccc1F. The molecule has 0 aliphatic heterocycles. The number of benzene rings is 7. The first-order chi connectivity index (χ1) is 25.2. The fourth-order valence-electron chi connectivity index (χ4n) is 7.21. The van der Waals surface area contributed by atoms with Crippen LogP contribution in [0, 0.1) is 11.6 Å². The van der Waals surface area contributed by atoms with Gasteiger partial charge < -0.3 is 0 Å². The van der Waals surface area contributed by atoms with Gasteiger partial charge in [0.15, 0.2) is 0 Å². The van der Waals surface area contributed by atoms with Crippen molar-refractivity contribution >= 4 is 33.8 Å². The molecule has 0 fully saturated rings. The minimum absolute atomic E-state index is 0.0796. The average molecular weight is 727 g/mol. The van der Waals surface area contributed by atoms with Crippen LogP contribution < -0.4 is 0 Å². The van der Waals surface area contributed by atoms with E-state index in [4.69, 9.17) is 0 Å². The van der Waals surface area contributed by atoms with E-state index in [-0.39, 0.29) is 14.5 Å². The molecule has 0 N–H and O–H groups in total. The van der Waals surface area contributed by atoms with E-state index in [2.05, 4.69) is 100 Å². The van der Waals surface area contributed by atoms with Crippen molar-refractivity contribution < 1.29 is 8.78 Å². The zero-order chi connectivity index (χ0) is 34.3. The molecule has 2 heterocycles. The third-order valence-corrected chi connectivity index (χ3v) is 11.8. The van der Waals surface area contributed by atoms with Crippen LogP contribution in [0.5, 0.6) is 0 Å². The first kappa shape index (κ1) is 30.9. The maximum atomic E-state index is 16.2. The van der Waals surface area contributed by atoms with E-state index in [0.717, 1.165) is 38.8 Å². The predicted molar refractivity (Wildman–Crippen MR) is 204 cm³/mol.